The Kier molecular flexibility index (Phi) is 10.9. The molecule has 4 aliphatic heterocycles. The van der Waals surface area contributed by atoms with Crippen LogP contribution in [0.15, 0.2) is 54.9 Å². The molecule has 0 spiro atoms. The van der Waals surface area contributed by atoms with Gasteiger partial charge in [-0.3, -0.25) is 14.8 Å². The van der Waals surface area contributed by atoms with Crippen molar-refractivity contribution in [3.05, 3.63) is 54.9 Å². The zero-order valence-corrected chi connectivity index (χ0v) is 26.2. The summed E-state index contributed by atoms with van der Waals surface area (Å²) in [6, 6.07) is 14.5. The molecule has 6 rings (SSSR count). The molecule has 0 bridgehead atoms. The normalized spacial score (nSPS) is 33.0. The Morgan fingerprint density at radius 3 is 2.02 bits per heavy atom. The van der Waals surface area contributed by atoms with Crippen LogP contribution in [-0.4, -0.2) is 142 Å². The van der Waals surface area contributed by atoms with E-state index in [0.29, 0.717) is 31.5 Å². The Hall–Kier alpha value is -2.35. The summed E-state index contributed by atoms with van der Waals surface area (Å²) in [6.45, 7) is 6.22. The van der Waals surface area contributed by atoms with E-state index >= 15 is 0 Å². The molecule has 0 aliphatic carbocycles. The molecule has 2 aromatic rings. The fourth-order valence-corrected chi connectivity index (χ4v) is 7.68. The predicted molar refractivity (Wildman–Crippen MR) is 172 cm³/mol. The number of anilines is 2. The lowest BCUT2D eigenvalue weighted by Crippen LogP contribution is -2.66. The minimum Gasteiger partial charge on any atom is -0.389 e. The van der Waals surface area contributed by atoms with E-state index in [2.05, 4.69) is 50.0 Å². The van der Waals surface area contributed by atoms with Crippen molar-refractivity contribution < 1.29 is 30.3 Å². The van der Waals surface area contributed by atoms with Gasteiger partial charge in [-0.15, -0.1) is 0 Å². The van der Waals surface area contributed by atoms with Crippen LogP contribution < -0.4 is 9.80 Å². The van der Waals surface area contributed by atoms with Crippen molar-refractivity contribution in [3.8, 4) is 0 Å². The van der Waals surface area contributed by atoms with Gasteiger partial charge in [0, 0.05) is 64.2 Å². The van der Waals surface area contributed by atoms with E-state index < -0.39 is 42.9 Å². The lowest BCUT2D eigenvalue weighted by molar-refractivity contribution is -0.253. The average Bonchev–Trinajstić information content (AvgIpc) is 3.08. The zero-order chi connectivity index (χ0) is 31.3. The number of aliphatic hydroxyl groups is 5. The van der Waals surface area contributed by atoms with Crippen LogP contribution in [0.2, 0.25) is 0 Å². The highest BCUT2D eigenvalue weighted by molar-refractivity contribution is 5.46. The number of aliphatic hydroxyl groups excluding tert-OH is 5. The van der Waals surface area contributed by atoms with Crippen molar-refractivity contribution in [1.29, 1.82) is 0 Å². The van der Waals surface area contributed by atoms with Gasteiger partial charge in [0.05, 0.1) is 24.1 Å². The number of pyridine rings is 1. The minimum absolute atomic E-state index is 0.169. The molecular formula is C34H51N5O6. The third-order valence-electron chi connectivity index (χ3n) is 10.5. The monoisotopic (exact) mass is 625 g/mol. The highest BCUT2D eigenvalue weighted by atomic mass is 16.5. The van der Waals surface area contributed by atoms with Crippen LogP contribution in [0.25, 0.3) is 0 Å². The van der Waals surface area contributed by atoms with Crippen LogP contribution in [0.4, 0.5) is 11.4 Å². The highest BCUT2D eigenvalue weighted by Gasteiger charge is 2.46. The summed E-state index contributed by atoms with van der Waals surface area (Å²) >= 11 is 0. The second kappa shape index (κ2) is 15.0. The first-order valence-corrected chi connectivity index (χ1v) is 16.8. The molecule has 45 heavy (non-hydrogen) atoms. The van der Waals surface area contributed by atoms with Gasteiger partial charge in [0.1, 0.15) is 30.6 Å². The average molecular weight is 626 g/mol. The maximum absolute atomic E-state index is 11.1. The van der Waals surface area contributed by atoms with Crippen molar-refractivity contribution in [3.63, 3.8) is 0 Å². The molecule has 248 valence electrons. The molecule has 5 N–H and O–H groups in total. The van der Waals surface area contributed by atoms with Gasteiger partial charge >= 0.3 is 0 Å². The molecular weight excluding hydrogens is 574 g/mol. The lowest BCUT2D eigenvalue weighted by atomic mass is 9.92. The topological polar surface area (TPSA) is 136 Å². The van der Waals surface area contributed by atoms with E-state index in [1.807, 2.05) is 23.2 Å². The molecule has 0 amide bonds. The van der Waals surface area contributed by atoms with Gasteiger partial charge < -0.3 is 40.1 Å². The fourth-order valence-electron chi connectivity index (χ4n) is 7.68. The molecule has 4 aliphatic rings. The third-order valence-corrected chi connectivity index (χ3v) is 10.5. The van der Waals surface area contributed by atoms with Crippen molar-refractivity contribution in [2.45, 2.75) is 75.0 Å². The number of hydrogen-bond donors (Lipinski definition) is 5. The molecule has 1 aromatic carbocycles. The minimum atomic E-state index is -1.35. The van der Waals surface area contributed by atoms with Crippen LogP contribution in [0, 0.1) is 11.8 Å². The number of β-amino-alcohol motifs (C(OH)–C–C–N with tert-alkyl or cyclic N) is 2. The molecule has 0 saturated carbocycles. The van der Waals surface area contributed by atoms with Crippen LogP contribution in [-0.2, 0) is 4.74 Å². The first-order valence-electron chi connectivity index (χ1n) is 16.8. The van der Waals surface area contributed by atoms with E-state index in [-0.39, 0.29) is 6.54 Å². The summed E-state index contributed by atoms with van der Waals surface area (Å²) in [5.74, 6) is 0.926. The number of likely N-dealkylation sites (tertiary alicyclic amines) is 2. The van der Waals surface area contributed by atoms with Crippen molar-refractivity contribution in [2.24, 2.45) is 11.8 Å². The van der Waals surface area contributed by atoms with Gasteiger partial charge in [-0.2, -0.15) is 0 Å². The summed E-state index contributed by atoms with van der Waals surface area (Å²) in [7, 11) is 0. The highest BCUT2D eigenvalue weighted by Crippen LogP contribution is 2.30. The number of nitrogens with zero attached hydrogens (tertiary/aromatic N) is 5. The van der Waals surface area contributed by atoms with E-state index in [4.69, 9.17) is 4.74 Å². The van der Waals surface area contributed by atoms with Crippen LogP contribution in [0.5, 0.6) is 0 Å². The smallest absolute Gasteiger partial charge is 0.140 e. The number of aromatic nitrogens is 1. The summed E-state index contributed by atoms with van der Waals surface area (Å²) in [6.07, 6.45) is 1.32. The number of rotatable bonds is 9. The summed E-state index contributed by atoms with van der Waals surface area (Å²) in [5.41, 5.74) is 2.38. The number of piperidine rings is 4. The SMILES string of the molecule is O[C@H]1[C@H](O)CN(CCC2CCN(c3ccccc3)CC2)C[C@@H]1OC1[C@@H](O)[C@H](O)[C@@H](O)CN1CC1CCN(c2cccnc2)CC1. The van der Waals surface area contributed by atoms with Gasteiger partial charge in [0.25, 0.3) is 0 Å². The molecule has 11 heteroatoms. The van der Waals surface area contributed by atoms with Gasteiger partial charge in [-0.05, 0) is 74.8 Å². The van der Waals surface area contributed by atoms with Crippen LogP contribution >= 0.6 is 0 Å². The molecule has 1 aromatic heterocycles. The first-order chi connectivity index (χ1) is 21.9. The first kappa shape index (κ1) is 32.6. The Morgan fingerprint density at radius 1 is 0.689 bits per heavy atom. The molecule has 5 heterocycles. The Morgan fingerprint density at radius 2 is 1.33 bits per heavy atom. The van der Waals surface area contributed by atoms with E-state index in [1.54, 1.807) is 6.20 Å². The van der Waals surface area contributed by atoms with Crippen molar-refractivity contribution >= 4 is 11.4 Å². The predicted octanol–water partition coefficient (Wildman–Crippen LogP) is 0.752. The molecule has 7 atom stereocenters. The van der Waals surface area contributed by atoms with Gasteiger partial charge in [0.15, 0.2) is 0 Å². The van der Waals surface area contributed by atoms with E-state index in [1.165, 1.54) is 5.69 Å². The third kappa shape index (κ3) is 7.97. The fraction of sp³-hybridized carbons (Fsp3) is 0.676. The largest absolute Gasteiger partial charge is 0.389 e. The van der Waals surface area contributed by atoms with Crippen molar-refractivity contribution in [1.82, 2.24) is 14.8 Å². The van der Waals surface area contributed by atoms with E-state index in [9.17, 15) is 25.5 Å². The molecule has 4 saturated heterocycles. The number of ether oxygens (including phenoxy) is 1. The Balaban J connectivity index is 1.03. The molecule has 11 nitrogen and oxygen atoms in total. The van der Waals surface area contributed by atoms with Gasteiger partial charge in [-0.25, -0.2) is 0 Å². The summed E-state index contributed by atoms with van der Waals surface area (Å²) in [5, 5.41) is 54.0. The number of hydrogen-bond acceptors (Lipinski definition) is 11. The standard InChI is InChI=1S/C34H51N5O6/c40-28-21-36(14-8-24-9-15-37(16-10-24)26-5-2-1-3-6-26)23-30(31(28)42)45-34-33(44)32(43)29(41)22-39(34)20-25-11-17-38(18-12-25)27-7-4-13-35-19-27/h1-7,13,19,24-25,28-34,40-44H,8-12,14-18,20-23H2/t28-,29+,30+,31+,32-,33+,34?/m1/s1. The zero-order valence-electron chi connectivity index (χ0n) is 26.2. The van der Waals surface area contributed by atoms with Crippen molar-refractivity contribution in [2.75, 3.05) is 68.7 Å². The number of para-hydroxylation sites is 1. The Labute approximate surface area is 266 Å². The van der Waals surface area contributed by atoms with Gasteiger partial charge in [-0.1, -0.05) is 18.2 Å². The lowest BCUT2D eigenvalue weighted by Gasteiger charge is -2.48. The quantitative estimate of drug-likeness (QED) is 0.270. The summed E-state index contributed by atoms with van der Waals surface area (Å²) < 4.78 is 6.40. The van der Waals surface area contributed by atoms with Gasteiger partial charge in [0.2, 0.25) is 0 Å². The maximum Gasteiger partial charge on any atom is 0.140 e. The molecule has 0 radical (unpaired) electrons. The molecule has 4 fully saturated rings. The van der Waals surface area contributed by atoms with Crippen LogP contribution in [0.3, 0.4) is 0 Å². The molecule has 1 unspecified atom stereocenters. The Bertz CT molecular complexity index is 1170. The van der Waals surface area contributed by atoms with Crippen LogP contribution in [0.1, 0.15) is 32.1 Å². The second-order valence-corrected chi connectivity index (χ2v) is 13.6. The second-order valence-electron chi connectivity index (χ2n) is 13.6. The van der Waals surface area contributed by atoms with E-state index in [0.717, 1.165) is 70.5 Å². The maximum atomic E-state index is 11.1. The number of benzene rings is 1. The summed E-state index contributed by atoms with van der Waals surface area (Å²) in [4.78, 5) is 13.1.